The van der Waals surface area contributed by atoms with Gasteiger partial charge in [0.15, 0.2) is 5.78 Å². The molecule has 1 aromatic rings. The fourth-order valence-electron chi connectivity index (χ4n) is 1.56. The molecule has 0 aromatic heterocycles. The third-order valence-electron chi connectivity index (χ3n) is 2.56. The molecule has 0 saturated heterocycles. The van der Waals surface area contributed by atoms with Crippen LogP contribution in [-0.2, 0) is 0 Å². The van der Waals surface area contributed by atoms with Crippen molar-refractivity contribution in [3.63, 3.8) is 0 Å². The van der Waals surface area contributed by atoms with E-state index in [9.17, 15) is 22.8 Å². The summed E-state index contributed by atoms with van der Waals surface area (Å²) in [7, 11) is 0. The van der Waals surface area contributed by atoms with Gasteiger partial charge in [-0.25, -0.2) is 4.79 Å². The van der Waals surface area contributed by atoms with E-state index in [1.807, 2.05) is 0 Å². The Bertz CT molecular complexity index is 501. The van der Waals surface area contributed by atoms with Crippen LogP contribution in [0.4, 0.5) is 23.7 Å². The predicted molar refractivity (Wildman–Crippen MR) is 68.8 cm³/mol. The lowest BCUT2D eigenvalue weighted by atomic mass is 10.1. The van der Waals surface area contributed by atoms with Gasteiger partial charge in [0.05, 0.1) is 0 Å². The maximum Gasteiger partial charge on any atom is 0.406 e. The van der Waals surface area contributed by atoms with Crippen molar-refractivity contribution in [3.05, 3.63) is 29.8 Å². The summed E-state index contributed by atoms with van der Waals surface area (Å²) >= 11 is 0. The molecule has 0 saturated carbocycles. The summed E-state index contributed by atoms with van der Waals surface area (Å²) in [4.78, 5) is 23.6. The van der Waals surface area contributed by atoms with E-state index >= 15 is 0 Å². The van der Waals surface area contributed by atoms with Gasteiger partial charge in [0.25, 0.3) is 0 Å². The molecule has 0 atom stereocenters. The van der Waals surface area contributed by atoms with Crippen LogP contribution in [0.1, 0.15) is 24.2 Å². The molecule has 110 valence electrons. The molecule has 0 aliphatic heterocycles. The van der Waals surface area contributed by atoms with Crippen molar-refractivity contribution in [2.24, 2.45) is 0 Å². The number of rotatable bonds is 4. The summed E-state index contributed by atoms with van der Waals surface area (Å²) < 4.78 is 36.9. The first-order valence-corrected chi connectivity index (χ1v) is 5.96. The number of nitrogens with zero attached hydrogens (tertiary/aromatic N) is 1. The Kier molecular flexibility index (Phi) is 5.12. The second-order valence-corrected chi connectivity index (χ2v) is 4.20. The number of hydrogen-bond acceptors (Lipinski definition) is 2. The maximum atomic E-state index is 12.3. The van der Waals surface area contributed by atoms with Crippen LogP contribution in [0.5, 0.6) is 0 Å². The second-order valence-electron chi connectivity index (χ2n) is 4.20. The van der Waals surface area contributed by atoms with Crippen molar-refractivity contribution in [1.29, 1.82) is 0 Å². The summed E-state index contributed by atoms with van der Waals surface area (Å²) in [5, 5.41) is 2.35. The molecule has 1 rings (SSSR count). The van der Waals surface area contributed by atoms with Crippen molar-refractivity contribution >= 4 is 17.5 Å². The molecule has 0 bridgehead atoms. The molecule has 20 heavy (non-hydrogen) atoms. The van der Waals surface area contributed by atoms with Gasteiger partial charge in [-0.3, -0.25) is 4.79 Å². The number of urea groups is 1. The quantitative estimate of drug-likeness (QED) is 0.864. The fraction of sp³-hybridized carbons (Fsp3) is 0.385. The van der Waals surface area contributed by atoms with Gasteiger partial charge in [0, 0.05) is 17.8 Å². The van der Waals surface area contributed by atoms with E-state index in [4.69, 9.17) is 0 Å². The number of carbonyl (C=O) groups excluding carboxylic acids is 2. The van der Waals surface area contributed by atoms with Gasteiger partial charge in [0.1, 0.15) is 6.54 Å². The molecule has 0 heterocycles. The number of halogens is 3. The van der Waals surface area contributed by atoms with Crippen LogP contribution in [0.3, 0.4) is 0 Å². The number of carbonyl (C=O) groups is 2. The molecule has 0 fully saturated rings. The first-order chi connectivity index (χ1) is 9.23. The number of benzene rings is 1. The molecule has 0 aliphatic carbocycles. The molecule has 1 aromatic carbocycles. The molecule has 4 nitrogen and oxygen atoms in total. The lowest BCUT2D eigenvalue weighted by Crippen LogP contribution is -2.41. The van der Waals surface area contributed by atoms with Crippen molar-refractivity contribution < 1.29 is 22.8 Å². The minimum Gasteiger partial charge on any atom is -0.316 e. The van der Waals surface area contributed by atoms with Gasteiger partial charge in [0.2, 0.25) is 0 Å². The zero-order valence-corrected chi connectivity index (χ0v) is 11.1. The minimum absolute atomic E-state index is 0.0717. The van der Waals surface area contributed by atoms with Crippen molar-refractivity contribution in [1.82, 2.24) is 4.90 Å². The van der Waals surface area contributed by atoms with Gasteiger partial charge >= 0.3 is 12.2 Å². The monoisotopic (exact) mass is 288 g/mol. The van der Waals surface area contributed by atoms with E-state index in [-0.39, 0.29) is 18.0 Å². The van der Waals surface area contributed by atoms with Gasteiger partial charge < -0.3 is 10.2 Å². The molecule has 1 N–H and O–H groups in total. The largest absolute Gasteiger partial charge is 0.406 e. The Balaban J connectivity index is 2.78. The summed E-state index contributed by atoms with van der Waals surface area (Å²) in [6.45, 7) is 1.43. The highest BCUT2D eigenvalue weighted by Gasteiger charge is 2.32. The summed E-state index contributed by atoms with van der Waals surface area (Å²) in [6, 6.07) is 5.18. The van der Waals surface area contributed by atoms with Gasteiger partial charge in [-0.1, -0.05) is 12.1 Å². The first-order valence-electron chi connectivity index (χ1n) is 5.96. The lowest BCUT2D eigenvalue weighted by Gasteiger charge is -2.22. The highest BCUT2D eigenvalue weighted by atomic mass is 19.4. The Hall–Kier alpha value is -2.05. The summed E-state index contributed by atoms with van der Waals surface area (Å²) in [5.74, 6) is -0.191. The number of hydrogen-bond donors (Lipinski definition) is 1. The lowest BCUT2D eigenvalue weighted by molar-refractivity contribution is -0.139. The number of ketones is 1. The zero-order valence-electron chi connectivity index (χ0n) is 11.1. The van der Waals surface area contributed by atoms with Gasteiger partial charge in [-0.15, -0.1) is 0 Å². The fourth-order valence-corrected chi connectivity index (χ4v) is 1.56. The highest BCUT2D eigenvalue weighted by Crippen LogP contribution is 2.18. The van der Waals surface area contributed by atoms with E-state index in [2.05, 4.69) is 5.32 Å². The number of amides is 2. The van der Waals surface area contributed by atoms with Gasteiger partial charge in [-0.05, 0) is 26.0 Å². The van der Waals surface area contributed by atoms with E-state index in [0.29, 0.717) is 10.5 Å². The number of nitrogens with one attached hydrogen (secondary N) is 1. The SMILES string of the molecule is CCN(CC(F)(F)F)C(=O)Nc1cccc(C(C)=O)c1. The Morgan fingerprint density at radius 2 is 1.95 bits per heavy atom. The molecular formula is C13H15F3N2O2. The second kappa shape index (κ2) is 6.40. The zero-order chi connectivity index (χ0) is 15.3. The molecule has 0 aliphatic rings. The van der Waals surface area contributed by atoms with Crippen molar-refractivity contribution in [2.45, 2.75) is 20.0 Å². The summed E-state index contributed by atoms with van der Waals surface area (Å²) in [6.07, 6.45) is -4.45. The number of Topliss-reactive ketones (excluding diaryl/α,β-unsaturated/α-hetero) is 1. The van der Waals surface area contributed by atoms with E-state index < -0.39 is 18.8 Å². The third-order valence-corrected chi connectivity index (χ3v) is 2.56. The standard InChI is InChI=1S/C13H15F3N2O2/c1-3-18(8-13(14,15)16)12(20)17-11-6-4-5-10(7-11)9(2)19/h4-7H,3,8H2,1-2H3,(H,17,20). The van der Waals surface area contributed by atoms with Gasteiger partial charge in [-0.2, -0.15) is 13.2 Å². The average Bonchev–Trinajstić information content (AvgIpc) is 2.35. The number of anilines is 1. The van der Waals surface area contributed by atoms with Crippen LogP contribution in [0, 0.1) is 0 Å². The van der Waals surface area contributed by atoms with Crippen LogP contribution in [0.2, 0.25) is 0 Å². The third kappa shape index (κ3) is 4.91. The smallest absolute Gasteiger partial charge is 0.316 e. The average molecular weight is 288 g/mol. The Morgan fingerprint density at radius 1 is 1.30 bits per heavy atom. The minimum atomic E-state index is -4.45. The van der Waals surface area contributed by atoms with E-state index in [1.165, 1.54) is 26.0 Å². The Morgan fingerprint density at radius 3 is 2.45 bits per heavy atom. The Labute approximate surface area is 114 Å². The highest BCUT2D eigenvalue weighted by molar-refractivity contribution is 5.96. The molecular weight excluding hydrogens is 273 g/mol. The van der Waals surface area contributed by atoms with E-state index in [0.717, 1.165) is 0 Å². The first kappa shape index (κ1) is 16.0. The molecule has 7 heteroatoms. The van der Waals surface area contributed by atoms with E-state index in [1.54, 1.807) is 12.1 Å². The molecule has 0 unspecified atom stereocenters. The molecule has 2 amide bonds. The van der Waals surface area contributed by atoms with Crippen molar-refractivity contribution in [3.8, 4) is 0 Å². The summed E-state index contributed by atoms with van der Waals surface area (Å²) in [5.41, 5.74) is 0.657. The number of alkyl halides is 3. The van der Waals surface area contributed by atoms with Crippen LogP contribution in [0.25, 0.3) is 0 Å². The normalized spacial score (nSPS) is 11.1. The van der Waals surface area contributed by atoms with Crippen LogP contribution >= 0.6 is 0 Å². The topological polar surface area (TPSA) is 49.4 Å². The van der Waals surface area contributed by atoms with Crippen LogP contribution in [-0.4, -0.2) is 36.0 Å². The van der Waals surface area contributed by atoms with Crippen LogP contribution in [0.15, 0.2) is 24.3 Å². The predicted octanol–water partition coefficient (Wildman–Crippen LogP) is 3.31. The van der Waals surface area contributed by atoms with Crippen molar-refractivity contribution in [2.75, 3.05) is 18.4 Å². The maximum absolute atomic E-state index is 12.3. The van der Waals surface area contributed by atoms with Crippen LogP contribution < -0.4 is 5.32 Å². The molecule has 0 radical (unpaired) electrons. The molecule has 0 spiro atoms.